The average Bonchev–Trinajstić information content (AvgIpc) is 2.27. The van der Waals surface area contributed by atoms with Gasteiger partial charge in [0, 0.05) is 12.1 Å². The number of amides is 1. The number of carbonyl (C=O) groups excluding carboxylic acids is 1. The van der Waals surface area contributed by atoms with Crippen molar-refractivity contribution in [2.24, 2.45) is 5.92 Å². The maximum atomic E-state index is 11.8. The Morgan fingerprint density at radius 1 is 1.21 bits per heavy atom. The fraction of sp³-hybridized carbons (Fsp3) is 0.467. The quantitative estimate of drug-likeness (QED) is 0.828. The lowest BCUT2D eigenvalue weighted by Crippen LogP contribution is -2.17. The SMILES string of the molecule is CCC(CCC(=O)Nc1cc(C)cc(C)c1)C(=O)O. The Hall–Kier alpha value is -1.84. The first-order valence-electron chi connectivity index (χ1n) is 6.53. The summed E-state index contributed by atoms with van der Waals surface area (Å²) in [6.45, 7) is 5.76. The number of benzene rings is 1. The second kappa shape index (κ2) is 6.92. The van der Waals surface area contributed by atoms with Crippen LogP contribution in [0, 0.1) is 19.8 Å². The van der Waals surface area contributed by atoms with E-state index >= 15 is 0 Å². The Morgan fingerprint density at radius 2 is 1.79 bits per heavy atom. The summed E-state index contributed by atoms with van der Waals surface area (Å²) < 4.78 is 0. The van der Waals surface area contributed by atoms with Crippen LogP contribution >= 0.6 is 0 Å². The Bertz CT molecular complexity index is 448. The van der Waals surface area contributed by atoms with Crippen molar-refractivity contribution in [2.75, 3.05) is 5.32 Å². The van der Waals surface area contributed by atoms with Gasteiger partial charge in [0.2, 0.25) is 5.91 Å². The molecule has 0 bridgehead atoms. The zero-order chi connectivity index (χ0) is 14.4. The van der Waals surface area contributed by atoms with Crippen molar-refractivity contribution < 1.29 is 14.7 Å². The second-order valence-corrected chi connectivity index (χ2v) is 4.91. The zero-order valence-electron chi connectivity index (χ0n) is 11.7. The fourth-order valence-corrected chi connectivity index (χ4v) is 2.08. The van der Waals surface area contributed by atoms with Crippen molar-refractivity contribution in [1.82, 2.24) is 0 Å². The smallest absolute Gasteiger partial charge is 0.306 e. The summed E-state index contributed by atoms with van der Waals surface area (Å²) in [6.07, 6.45) is 1.16. The van der Waals surface area contributed by atoms with Gasteiger partial charge in [-0.3, -0.25) is 9.59 Å². The van der Waals surface area contributed by atoms with Crippen molar-refractivity contribution in [3.05, 3.63) is 29.3 Å². The molecule has 1 atom stereocenters. The molecule has 2 N–H and O–H groups in total. The van der Waals surface area contributed by atoms with Crippen LogP contribution in [0.25, 0.3) is 0 Å². The molecular formula is C15H21NO3. The first kappa shape index (κ1) is 15.2. The number of rotatable bonds is 6. The number of carboxylic acid groups (broad SMARTS) is 1. The molecule has 104 valence electrons. The molecule has 1 unspecified atom stereocenters. The molecule has 1 rings (SSSR count). The molecule has 0 aromatic heterocycles. The summed E-state index contributed by atoms with van der Waals surface area (Å²) in [6, 6.07) is 5.84. The molecule has 0 saturated heterocycles. The first-order valence-corrected chi connectivity index (χ1v) is 6.53. The van der Waals surface area contributed by atoms with Gasteiger partial charge in [-0.1, -0.05) is 13.0 Å². The third-order valence-corrected chi connectivity index (χ3v) is 3.07. The minimum absolute atomic E-state index is 0.135. The van der Waals surface area contributed by atoms with Gasteiger partial charge in [0.25, 0.3) is 0 Å². The summed E-state index contributed by atoms with van der Waals surface area (Å²) in [5.41, 5.74) is 2.95. The van der Waals surface area contributed by atoms with Crippen LogP contribution in [0.2, 0.25) is 0 Å². The van der Waals surface area contributed by atoms with Gasteiger partial charge in [-0.05, 0) is 49.9 Å². The number of aliphatic carboxylic acids is 1. The molecule has 1 amide bonds. The summed E-state index contributed by atoms with van der Waals surface area (Å²) in [5.74, 6) is -1.41. The molecule has 0 fully saturated rings. The third kappa shape index (κ3) is 5.12. The highest BCUT2D eigenvalue weighted by atomic mass is 16.4. The molecule has 0 radical (unpaired) electrons. The van der Waals surface area contributed by atoms with E-state index in [2.05, 4.69) is 5.32 Å². The van der Waals surface area contributed by atoms with Gasteiger partial charge in [-0.2, -0.15) is 0 Å². The lowest BCUT2D eigenvalue weighted by atomic mass is 10.0. The lowest BCUT2D eigenvalue weighted by molar-refractivity contribution is -0.142. The predicted molar refractivity (Wildman–Crippen MR) is 75.2 cm³/mol. The molecule has 0 spiro atoms. The highest BCUT2D eigenvalue weighted by Crippen LogP contribution is 2.16. The molecule has 4 heteroatoms. The van der Waals surface area contributed by atoms with Crippen LogP contribution in [0.3, 0.4) is 0 Å². The van der Waals surface area contributed by atoms with E-state index in [-0.39, 0.29) is 12.3 Å². The molecule has 0 aliphatic heterocycles. The summed E-state index contributed by atoms with van der Waals surface area (Å²) >= 11 is 0. The van der Waals surface area contributed by atoms with E-state index in [1.807, 2.05) is 39.0 Å². The van der Waals surface area contributed by atoms with Gasteiger partial charge in [0.05, 0.1) is 5.92 Å². The van der Waals surface area contributed by atoms with E-state index in [4.69, 9.17) is 5.11 Å². The number of aryl methyl sites for hydroxylation is 2. The van der Waals surface area contributed by atoms with E-state index in [0.717, 1.165) is 16.8 Å². The predicted octanol–water partition coefficient (Wildman–Crippen LogP) is 3.13. The highest BCUT2D eigenvalue weighted by molar-refractivity contribution is 5.91. The molecule has 0 heterocycles. The van der Waals surface area contributed by atoms with Crippen LogP contribution in [0.5, 0.6) is 0 Å². The Labute approximate surface area is 113 Å². The van der Waals surface area contributed by atoms with Gasteiger partial charge in [-0.15, -0.1) is 0 Å². The lowest BCUT2D eigenvalue weighted by Gasteiger charge is -2.10. The van der Waals surface area contributed by atoms with Crippen LogP contribution in [-0.4, -0.2) is 17.0 Å². The molecule has 1 aromatic carbocycles. The second-order valence-electron chi connectivity index (χ2n) is 4.91. The minimum Gasteiger partial charge on any atom is -0.481 e. The molecule has 0 aliphatic rings. The zero-order valence-corrected chi connectivity index (χ0v) is 11.7. The maximum Gasteiger partial charge on any atom is 0.306 e. The van der Waals surface area contributed by atoms with Crippen molar-refractivity contribution in [1.29, 1.82) is 0 Å². The molecule has 19 heavy (non-hydrogen) atoms. The average molecular weight is 263 g/mol. The molecule has 1 aromatic rings. The van der Waals surface area contributed by atoms with Crippen molar-refractivity contribution in [3.8, 4) is 0 Å². The number of anilines is 1. The normalized spacial score (nSPS) is 11.9. The van der Waals surface area contributed by atoms with Gasteiger partial charge >= 0.3 is 5.97 Å². The van der Waals surface area contributed by atoms with Gasteiger partial charge in [0.15, 0.2) is 0 Å². The van der Waals surface area contributed by atoms with Crippen molar-refractivity contribution >= 4 is 17.6 Å². The number of nitrogens with one attached hydrogen (secondary N) is 1. The molecular weight excluding hydrogens is 242 g/mol. The van der Waals surface area contributed by atoms with E-state index in [1.165, 1.54) is 0 Å². The monoisotopic (exact) mass is 263 g/mol. The van der Waals surface area contributed by atoms with E-state index < -0.39 is 11.9 Å². The first-order chi connectivity index (χ1) is 8.92. The number of hydrogen-bond acceptors (Lipinski definition) is 2. The van der Waals surface area contributed by atoms with Crippen molar-refractivity contribution in [3.63, 3.8) is 0 Å². The maximum absolute atomic E-state index is 11.8. The molecule has 0 saturated carbocycles. The molecule has 0 aliphatic carbocycles. The molecule has 4 nitrogen and oxygen atoms in total. The fourth-order valence-electron chi connectivity index (χ4n) is 2.08. The van der Waals surface area contributed by atoms with E-state index in [1.54, 1.807) is 0 Å². The van der Waals surface area contributed by atoms with Gasteiger partial charge in [0.1, 0.15) is 0 Å². The largest absolute Gasteiger partial charge is 0.481 e. The third-order valence-electron chi connectivity index (χ3n) is 3.07. The minimum atomic E-state index is -0.832. The van der Waals surface area contributed by atoms with Crippen molar-refractivity contribution in [2.45, 2.75) is 40.0 Å². The number of carboxylic acids is 1. The standard InChI is InChI=1S/C15H21NO3/c1-4-12(15(18)19)5-6-14(17)16-13-8-10(2)7-11(3)9-13/h7-9,12H,4-6H2,1-3H3,(H,16,17)(H,18,19). The van der Waals surface area contributed by atoms with Crippen LogP contribution in [0.15, 0.2) is 18.2 Å². The van der Waals surface area contributed by atoms with E-state index in [9.17, 15) is 9.59 Å². The number of carbonyl (C=O) groups is 2. The van der Waals surface area contributed by atoms with Crippen LogP contribution in [0.1, 0.15) is 37.3 Å². The van der Waals surface area contributed by atoms with Gasteiger partial charge < -0.3 is 10.4 Å². The van der Waals surface area contributed by atoms with Gasteiger partial charge in [-0.25, -0.2) is 0 Å². The number of hydrogen-bond donors (Lipinski definition) is 2. The Morgan fingerprint density at radius 3 is 2.26 bits per heavy atom. The summed E-state index contributed by atoms with van der Waals surface area (Å²) in [5, 5.41) is 11.7. The topological polar surface area (TPSA) is 66.4 Å². The summed E-state index contributed by atoms with van der Waals surface area (Å²) in [4.78, 5) is 22.6. The highest BCUT2D eigenvalue weighted by Gasteiger charge is 2.16. The van der Waals surface area contributed by atoms with E-state index in [0.29, 0.717) is 12.8 Å². The van der Waals surface area contributed by atoms with Crippen LogP contribution < -0.4 is 5.32 Å². The Kier molecular flexibility index (Phi) is 5.55. The Balaban J connectivity index is 2.53. The summed E-state index contributed by atoms with van der Waals surface area (Å²) in [7, 11) is 0. The van der Waals surface area contributed by atoms with Crippen LogP contribution in [-0.2, 0) is 9.59 Å². The van der Waals surface area contributed by atoms with Crippen LogP contribution in [0.4, 0.5) is 5.69 Å².